The van der Waals surface area contributed by atoms with Crippen molar-refractivity contribution in [2.75, 3.05) is 18.5 Å². The van der Waals surface area contributed by atoms with Crippen LogP contribution in [0.5, 0.6) is 0 Å². The number of fused-ring (bicyclic) bond motifs is 1. The minimum atomic E-state index is -1.10. The van der Waals surface area contributed by atoms with Gasteiger partial charge in [0.15, 0.2) is 0 Å². The molecular formula is C17H15ClIN3O5. The number of hydrogen-bond acceptors (Lipinski definition) is 7. The van der Waals surface area contributed by atoms with Crippen LogP contribution in [0.3, 0.4) is 0 Å². The second kappa shape index (κ2) is 8.85. The minimum absolute atomic E-state index is 0.0360. The molecule has 8 nitrogen and oxygen atoms in total. The summed E-state index contributed by atoms with van der Waals surface area (Å²) in [6.45, 7) is -0.750. The van der Waals surface area contributed by atoms with Crippen molar-refractivity contribution >= 4 is 62.4 Å². The number of nitrogens with one attached hydrogen (secondary N) is 2. The molecule has 0 spiro atoms. The van der Waals surface area contributed by atoms with Crippen molar-refractivity contribution in [3.05, 3.63) is 51.0 Å². The summed E-state index contributed by atoms with van der Waals surface area (Å²) in [5.41, 5.74) is 3.60. The predicted molar refractivity (Wildman–Crippen MR) is 108 cm³/mol. The fourth-order valence-corrected chi connectivity index (χ4v) is 3.16. The Morgan fingerprint density at radius 3 is 2.96 bits per heavy atom. The molecule has 10 heteroatoms. The number of hydroxylamine groups is 1. The maximum absolute atomic E-state index is 12.5. The highest BCUT2D eigenvalue weighted by atomic mass is 127. The lowest BCUT2D eigenvalue weighted by Crippen LogP contribution is -2.29. The number of furan rings is 1. The van der Waals surface area contributed by atoms with Gasteiger partial charge in [-0.15, -0.1) is 0 Å². The highest BCUT2D eigenvalue weighted by Gasteiger charge is 2.22. The first kappa shape index (κ1) is 19.8. The number of hydrogen-bond donors (Lipinski definition) is 4. The molecule has 4 N–H and O–H groups in total. The quantitative estimate of drug-likeness (QED) is 0.289. The maximum atomic E-state index is 12.5. The Bertz CT molecular complexity index is 965. The molecule has 0 bridgehead atoms. The molecule has 27 heavy (non-hydrogen) atoms. The van der Waals surface area contributed by atoms with Gasteiger partial charge < -0.3 is 19.9 Å². The van der Waals surface area contributed by atoms with Gasteiger partial charge in [-0.25, -0.2) is 5.48 Å². The van der Waals surface area contributed by atoms with Gasteiger partial charge in [-0.3, -0.25) is 14.6 Å². The summed E-state index contributed by atoms with van der Waals surface area (Å²) in [5, 5.41) is 22.2. The summed E-state index contributed by atoms with van der Waals surface area (Å²) in [6.07, 6.45) is 2.01. The Labute approximate surface area is 172 Å². The van der Waals surface area contributed by atoms with Gasteiger partial charge in [0, 0.05) is 16.0 Å². The van der Waals surface area contributed by atoms with Gasteiger partial charge in [-0.05, 0) is 46.9 Å². The smallest absolute Gasteiger partial charge is 0.312 e. The van der Waals surface area contributed by atoms with E-state index in [1.54, 1.807) is 30.6 Å². The van der Waals surface area contributed by atoms with Gasteiger partial charge in [0.25, 0.3) is 0 Å². The zero-order valence-corrected chi connectivity index (χ0v) is 16.7. The number of aliphatic hydroxyl groups excluding tert-OH is 2. The summed E-state index contributed by atoms with van der Waals surface area (Å²) in [4.78, 5) is 21.4. The average molecular weight is 504 g/mol. The van der Waals surface area contributed by atoms with E-state index in [0.29, 0.717) is 27.4 Å². The van der Waals surface area contributed by atoms with E-state index < -0.39 is 18.6 Å². The van der Waals surface area contributed by atoms with Crippen LogP contribution in [0.4, 0.5) is 11.4 Å². The van der Waals surface area contributed by atoms with E-state index in [1.165, 1.54) is 0 Å². The Kier molecular flexibility index (Phi) is 6.50. The molecule has 2 heterocycles. The molecule has 1 aromatic carbocycles. The lowest BCUT2D eigenvalue weighted by atomic mass is 10.2. The van der Waals surface area contributed by atoms with Crippen molar-refractivity contribution in [1.29, 1.82) is 0 Å². The number of halogens is 2. The number of aromatic nitrogens is 1. The summed E-state index contributed by atoms with van der Waals surface area (Å²) in [5.74, 6) is -0.702. The van der Waals surface area contributed by atoms with E-state index in [4.69, 9.17) is 26.0 Å². The van der Waals surface area contributed by atoms with Gasteiger partial charge >= 0.3 is 5.91 Å². The largest absolute Gasteiger partial charge is 0.448 e. The van der Waals surface area contributed by atoms with Crippen molar-refractivity contribution in [3.8, 4) is 0 Å². The van der Waals surface area contributed by atoms with Gasteiger partial charge in [0.1, 0.15) is 24.0 Å². The molecule has 142 valence electrons. The highest BCUT2D eigenvalue weighted by Crippen LogP contribution is 2.35. The van der Waals surface area contributed by atoms with Crippen molar-refractivity contribution in [2.45, 2.75) is 6.10 Å². The molecule has 0 aliphatic heterocycles. The number of anilines is 2. The van der Waals surface area contributed by atoms with E-state index in [-0.39, 0.29) is 12.4 Å². The number of amides is 1. The van der Waals surface area contributed by atoms with Crippen LogP contribution in [0.25, 0.3) is 11.0 Å². The first-order chi connectivity index (χ1) is 13.0. The number of pyridine rings is 1. The standard InChI is InChI=1S/C17H15ClIN3O5/c18-12-5-9(19)1-2-13(12)21-15-11-6-20-4-3-14(11)27-16(15)17(25)22-26-8-10(24)7-23/h1-6,10,21,23-24H,7-8H2,(H,22,25)/t10-/m1/s1. The fraction of sp³-hybridized carbons (Fsp3) is 0.176. The summed E-state index contributed by atoms with van der Waals surface area (Å²) >= 11 is 8.42. The van der Waals surface area contributed by atoms with Crippen molar-refractivity contribution in [2.24, 2.45) is 0 Å². The van der Waals surface area contributed by atoms with Crippen LogP contribution < -0.4 is 10.8 Å². The third-order valence-electron chi connectivity index (χ3n) is 3.54. The molecule has 0 saturated heterocycles. The third kappa shape index (κ3) is 4.68. The molecule has 2 aromatic heterocycles. The van der Waals surface area contributed by atoms with E-state index >= 15 is 0 Å². The SMILES string of the molecule is O=C(NOC[C@H](O)CO)c1oc2ccncc2c1Nc1ccc(I)cc1Cl. The van der Waals surface area contributed by atoms with Gasteiger partial charge in [-0.2, -0.15) is 0 Å². The third-order valence-corrected chi connectivity index (χ3v) is 4.52. The van der Waals surface area contributed by atoms with E-state index in [9.17, 15) is 9.90 Å². The molecular weight excluding hydrogens is 489 g/mol. The molecule has 0 saturated carbocycles. The van der Waals surface area contributed by atoms with E-state index in [1.807, 2.05) is 6.07 Å². The highest BCUT2D eigenvalue weighted by molar-refractivity contribution is 14.1. The molecule has 0 aliphatic carbocycles. The van der Waals surface area contributed by atoms with Crippen molar-refractivity contribution in [1.82, 2.24) is 10.5 Å². The monoisotopic (exact) mass is 503 g/mol. The van der Waals surface area contributed by atoms with Crippen LogP contribution in [0.1, 0.15) is 10.6 Å². The number of benzene rings is 1. The molecule has 1 atom stereocenters. The number of nitrogens with zero attached hydrogens (tertiary/aromatic N) is 1. The van der Waals surface area contributed by atoms with Crippen molar-refractivity contribution < 1.29 is 24.3 Å². The van der Waals surface area contributed by atoms with Crippen LogP contribution in [-0.2, 0) is 4.84 Å². The average Bonchev–Trinajstić information content (AvgIpc) is 3.02. The van der Waals surface area contributed by atoms with Gasteiger partial charge in [0.2, 0.25) is 5.76 Å². The lowest BCUT2D eigenvalue weighted by molar-refractivity contribution is -0.0302. The van der Waals surface area contributed by atoms with Crippen LogP contribution in [-0.4, -0.2) is 40.4 Å². The predicted octanol–water partition coefficient (Wildman–Crippen LogP) is 2.84. The Morgan fingerprint density at radius 2 is 2.22 bits per heavy atom. The number of rotatable bonds is 7. The molecule has 0 fully saturated rings. The number of aliphatic hydroxyl groups is 2. The molecule has 0 aliphatic rings. The Hall–Kier alpha value is -1.92. The minimum Gasteiger partial charge on any atom is -0.448 e. The second-order valence-electron chi connectivity index (χ2n) is 5.51. The molecule has 3 aromatic rings. The fourth-order valence-electron chi connectivity index (χ4n) is 2.25. The van der Waals surface area contributed by atoms with Crippen LogP contribution in [0, 0.1) is 3.57 Å². The Balaban J connectivity index is 1.90. The zero-order chi connectivity index (χ0) is 19.4. The van der Waals surface area contributed by atoms with Gasteiger partial charge in [-0.1, -0.05) is 11.6 Å². The maximum Gasteiger partial charge on any atom is 0.312 e. The van der Waals surface area contributed by atoms with E-state index in [0.717, 1.165) is 3.57 Å². The molecule has 3 rings (SSSR count). The normalized spacial score (nSPS) is 12.1. The summed E-state index contributed by atoms with van der Waals surface area (Å²) in [6, 6.07) is 7.07. The first-order valence-electron chi connectivity index (χ1n) is 7.79. The number of carbonyl (C=O) groups is 1. The Morgan fingerprint density at radius 1 is 1.41 bits per heavy atom. The summed E-state index contributed by atoms with van der Waals surface area (Å²) in [7, 11) is 0. The van der Waals surface area contributed by atoms with Crippen LogP contribution in [0.15, 0.2) is 41.1 Å². The topological polar surface area (TPSA) is 117 Å². The second-order valence-corrected chi connectivity index (χ2v) is 7.16. The molecule has 1 amide bonds. The van der Waals surface area contributed by atoms with Gasteiger partial charge in [0.05, 0.1) is 22.7 Å². The van der Waals surface area contributed by atoms with Crippen molar-refractivity contribution in [3.63, 3.8) is 0 Å². The van der Waals surface area contributed by atoms with Crippen LogP contribution in [0.2, 0.25) is 5.02 Å². The van der Waals surface area contributed by atoms with E-state index in [2.05, 4.69) is 38.4 Å². The van der Waals surface area contributed by atoms with Crippen LogP contribution >= 0.6 is 34.2 Å². The lowest BCUT2D eigenvalue weighted by Gasteiger charge is -2.11. The molecule has 0 unspecified atom stereocenters. The molecule has 0 radical (unpaired) electrons. The summed E-state index contributed by atoms with van der Waals surface area (Å²) < 4.78 is 6.60. The first-order valence-corrected chi connectivity index (χ1v) is 9.25. The number of carbonyl (C=O) groups excluding carboxylic acids is 1. The zero-order valence-electron chi connectivity index (χ0n) is 13.8.